The normalized spacial score (nSPS) is 22.1. The first-order valence-electron chi connectivity index (χ1n) is 3.69. The van der Waals surface area contributed by atoms with E-state index in [0.717, 1.165) is 5.57 Å². The van der Waals surface area contributed by atoms with Crippen molar-refractivity contribution >= 4 is 5.91 Å². The van der Waals surface area contributed by atoms with Crippen molar-refractivity contribution in [2.75, 3.05) is 0 Å². The van der Waals surface area contributed by atoms with Gasteiger partial charge in [-0.2, -0.15) is 0 Å². The van der Waals surface area contributed by atoms with Crippen LogP contribution in [0.5, 0.6) is 0 Å². The van der Waals surface area contributed by atoms with E-state index in [1.54, 1.807) is 6.20 Å². The first kappa shape index (κ1) is 8.05. The number of carbonyl (C=O) groups excluding carboxylic acids is 1. The maximum absolute atomic E-state index is 11.1. The molecule has 1 rings (SSSR count). The summed E-state index contributed by atoms with van der Waals surface area (Å²) in [5.41, 5.74) is 0.767. The predicted octanol–water partition coefficient (Wildman–Crippen LogP) is 1.60. The minimum absolute atomic E-state index is 0.00757. The summed E-state index contributed by atoms with van der Waals surface area (Å²) in [5, 5.41) is 2.66. The van der Waals surface area contributed by atoms with Gasteiger partial charge in [-0.25, -0.2) is 0 Å². The van der Waals surface area contributed by atoms with Gasteiger partial charge in [0.15, 0.2) is 0 Å². The molecule has 0 saturated carbocycles. The van der Waals surface area contributed by atoms with E-state index in [9.17, 15) is 4.79 Å². The van der Waals surface area contributed by atoms with Crippen LogP contribution in [0, 0.1) is 5.41 Å². The molecule has 0 bridgehead atoms. The van der Waals surface area contributed by atoms with Crippen LogP contribution in [0.4, 0.5) is 0 Å². The molecule has 60 valence electrons. The molecule has 0 saturated heterocycles. The fraction of sp³-hybridized carbons (Fsp3) is 0.444. The Morgan fingerprint density at radius 2 is 2.09 bits per heavy atom. The second-order valence-electron chi connectivity index (χ2n) is 3.46. The molecule has 1 N–H and O–H groups in total. The van der Waals surface area contributed by atoms with E-state index in [0.29, 0.717) is 0 Å². The van der Waals surface area contributed by atoms with Gasteiger partial charge in [0.1, 0.15) is 0 Å². The van der Waals surface area contributed by atoms with Crippen molar-refractivity contribution in [3.63, 3.8) is 0 Å². The van der Waals surface area contributed by atoms with Gasteiger partial charge in [-0.05, 0) is 6.92 Å². The van der Waals surface area contributed by atoms with Crippen LogP contribution in [-0.2, 0) is 4.79 Å². The summed E-state index contributed by atoms with van der Waals surface area (Å²) in [4.78, 5) is 11.1. The molecule has 0 aromatic heterocycles. The Morgan fingerprint density at radius 3 is 2.73 bits per heavy atom. The second-order valence-corrected chi connectivity index (χ2v) is 3.46. The molecule has 0 spiro atoms. The first-order valence-corrected chi connectivity index (χ1v) is 3.69. The van der Waals surface area contributed by atoms with E-state index in [4.69, 9.17) is 0 Å². The SMILES string of the molecule is CC1=CC(C)(C)C=CNC1=O. The molecule has 0 aromatic carbocycles. The molecule has 0 atom stereocenters. The summed E-state index contributed by atoms with van der Waals surface area (Å²) in [6, 6.07) is 0. The molecule has 0 aliphatic carbocycles. The number of rotatable bonds is 0. The van der Waals surface area contributed by atoms with Gasteiger partial charge in [-0.3, -0.25) is 4.79 Å². The molecular weight excluding hydrogens is 138 g/mol. The smallest absolute Gasteiger partial charge is 0.250 e. The minimum atomic E-state index is -0.0107. The average molecular weight is 151 g/mol. The van der Waals surface area contributed by atoms with Crippen LogP contribution in [0.2, 0.25) is 0 Å². The fourth-order valence-electron chi connectivity index (χ4n) is 1.12. The number of carbonyl (C=O) groups is 1. The Kier molecular flexibility index (Phi) is 1.85. The van der Waals surface area contributed by atoms with Crippen LogP contribution in [0.15, 0.2) is 23.9 Å². The van der Waals surface area contributed by atoms with E-state index in [1.165, 1.54) is 0 Å². The van der Waals surface area contributed by atoms with E-state index in [-0.39, 0.29) is 11.3 Å². The summed E-state index contributed by atoms with van der Waals surface area (Å²) >= 11 is 0. The van der Waals surface area contributed by atoms with Crippen molar-refractivity contribution in [2.45, 2.75) is 20.8 Å². The molecule has 1 aliphatic heterocycles. The largest absolute Gasteiger partial charge is 0.329 e. The van der Waals surface area contributed by atoms with E-state index < -0.39 is 0 Å². The molecular formula is C9H13NO. The molecule has 2 heteroatoms. The predicted molar refractivity (Wildman–Crippen MR) is 44.8 cm³/mol. The number of hydrogen-bond acceptors (Lipinski definition) is 1. The second kappa shape index (κ2) is 2.53. The number of nitrogens with one attached hydrogen (secondary N) is 1. The molecule has 0 aromatic rings. The number of allylic oxidation sites excluding steroid dienone is 2. The summed E-state index contributed by atoms with van der Waals surface area (Å²) in [6.45, 7) is 5.95. The van der Waals surface area contributed by atoms with Crippen LogP contribution < -0.4 is 5.32 Å². The van der Waals surface area contributed by atoms with Gasteiger partial charge >= 0.3 is 0 Å². The molecule has 0 fully saturated rings. The van der Waals surface area contributed by atoms with Crippen molar-refractivity contribution < 1.29 is 4.79 Å². The van der Waals surface area contributed by atoms with E-state index in [2.05, 4.69) is 19.2 Å². The summed E-state index contributed by atoms with van der Waals surface area (Å²) in [5.74, 6) is -0.00757. The molecule has 2 nitrogen and oxygen atoms in total. The first-order chi connectivity index (χ1) is 5.01. The monoisotopic (exact) mass is 151 g/mol. The lowest BCUT2D eigenvalue weighted by atomic mass is 9.92. The average Bonchev–Trinajstić information content (AvgIpc) is 1.93. The highest BCUT2D eigenvalue weighted by molar-refractivity contribution is 5.93. The maximum Gasteiger partial charge on any atom is 0.250 e. The fourth-order valence-corrected chi connectivity index (χ4v) is 1.12. The van der Waals surface area contributed by atoms with Gasteiger partial charge in [0, 0.05) is 17.2 Å². The molecule has 1 aliphatic rings. The lowest BCUT2D eigenvalue weighted by Gasteiger charge is -2.12. The van der Waals surface area contributed by atoms with Gasteiger partial charge in [0.05, 0.1) is 0 Å². The van der Waals surface area contributed by atoms with Crippen molar-refractivity contribution in [1.82, 2.24) is 5.32 Å². The summed E-state index contributed by atoms with van der Waals surface area (Å²) in [7, 11) is 0. The zero-order chi connectivity index (χ0) is 8.48. The van der Waals surface area contributed by atoms with Crippen LogP contribution in [0.3, 0.4) is 0 Å². The van der Waals surface area contributed by atoms with Crippen LogP contribution in [0.1, 0.15) is 20.8 Å². The Bertz CT molecular complexity index is 236. The zero-order valence-corrected chi connectivity index (χ0v) is 7.14. The highest BCUT2D eigenvalue weighted by Gasteiger charge is 2.15. The van der Waals surface area contributed by atoms with Crippen molar-refractivity contribution in [3.8, 4) is 0 Å². The van der Waals surface area contributed by atoms with Crippen molar-refractivity contribution in [3.05, 3.63) is 23.9 Å². The Hall–Kier alpha value is -1.05. The molecule has 0 unspecified atom stereocenters. The Balaban J connectivity index is 2.98. The quantitative estimate of drug-likeness (QED) is 0.559. The Morgan fingerprint density at radius 1 is 1.45 bits per heavy atom. The standard InChI is InChI=1S/C9H13NO/c1-7-6-9(2,3)4-5-10-8(7)11/h4-6H,1-3H3,(H,10,11). The van der Waals surface area contributed by atoms with Gasteiger partial charge in [-0.1, -0.05) is 26.0 Å². The lowest BCUT2D eigenvalue weighted by molar-refractivity contribution is -0.116. The van der Waals surface area contributed by atoms with Gasteiger partial charge in [-0.15, -0.1) is 0 Å². The molecule has 1 amide bonds. The number of hydrogen-bond donors (Lipinski definition) is 1. The van der Waals surface area contributed by atoms with Crippen LogP contribution in [0.25, 0.3) is 0 Å². The zero-order valence-electron chi connectivity index (χ0n) is 7.14. The minimum Gasteiger partial charge on any atom is -0.329 e. The summed E-state index contributed by atoms with van der Waals surface area (Å²) in [6.07, 6.45) is 5.64. The molecule has 0 radical (unpaired) electrons. The van der Waals surface area contributed by atoms with Crippen molar-refractivity contribution in [2.24, 2.45) is 5.41 Å². The molecule has 11 heavy (non-hydrogen) atoms. The Labute approximate surface area is 67.0 Å². The van der Waals surface area contributed by atoms with Gasteiger partial charge in [0.2, 0.25) is 0 Å². The third kappa shape index (κ3) is 1.93. The third-order valence-corrected chi connectivity index (χ3v) is 1.67. The van der Waals surface area contributed by atoms with Gasteiger partial charge in [0.25, 0.3) is 5.91 Å². The maximum atomic E-state index is 11.1. The third-order valence-electron chi connectivity index (χ3n) is 1.67. The van der Waals surface area contributed by atoms with Gasteiger partial charge < -0.3 is 5.32 Å². The van der Waals surface area contributed by atoms with Crippen LogP contribution >= 0.6 is 0 Å². The van der Waals surface area contributed by atoms with E-state index in [1.807, 2.05) is 19.1 Å². The molecule has 1 heterocycles. The number of amides is 1. The van der Waals surface area contributed by atoms with E-state index >= 15 is 0 Å². The van der Waals surface area contributed by atoms with Crippen LogP contribution in [-0.4, -0.2) is 5.91 Å². The van der Waals surface area contributed by atoms with Crippen molar-refractivity contribution in [1.29, 1.82) is 0 Å². The topological polar surface area (TPSA) is 29.1 Å². The highest BCUT2D eigenvalue weighted by Crippen LogP contribution is 2.22. The highest BCUT2D eigenvalue weighted by atomic mass is 16.1. The summed E-state index contributed by atoms with van der Waals surface area (Å²) < 4.78 is 0. The lowest BCUT2D eigenvalue weighted by Crippen LogP contribution is -2.16.